The fourth-order valence-corrected chi connectivity index (χ4v) is 10.8. The zero-order valence-electron chi connectivity index (χ0n) is 47.9. The van der Waals surface area contributed by atoms with Crippen molar-refractivity contribution < 1.29 is 62.1 Å². The molecule has 4 aromatic carbocycles. The van der Waals surface area contributed by atoms with Crippen LogP contribution < -0.4 is 15.4 Å². The fraction of sp³-hybridized carbons (Fsp3) is 0.306. The largest absolute Gasteiger partial charge is 0.508 e. The van der Waals surface area contributed by atoms with Gasteiger partial charge in [-0.1, -0.05) is 46.9 Å². The van der Waals surface area contributed by atoms with Crippen LogP contribution in [0.4, 0.5) is 34.8 Å². The van der Waals surface area contributed by atoms with E-state index in [-0.39, 0.29) is 17.1 Å². The van der Waals surface area contributed by atoms with Crippen molar-refractivity contribution in [2.75, 3.05) is 63.5 Å². The minimum atomic E-state index is -1.21. The summed E-state index contributed by atoms with van der Waals surface area (Å²) in [4.78, 5) is 49.4. The molecular formula is C62H63F3N12O10S2. The molecule has 89 heavy (non-hydrogen) atoms. The molecule has 0 amide bonds. The van der Waals surface area contributed by atoms with Crippen molar-refractivity contribution in [3.05, 3.63) is 188 Å². The molecule has 4 aliphatic rings. The van der Waals surface area contributed by atoms with E-state index in [1.54, 1.807) is 47.2 Å². The van der Waals surface area contributed by atoms with Gasteiger partial charge in [0.05, 0.1) is 39.8 Å². The second-order valence-corrected chi connectivity index (χ2v) is 22.2. The van der Waals surface area contributed by atoms with E-state index in [0.717, 1.165) is 48.3 Å². The Labute approximate surface area is 516 Å². The topological polar surface area (TPSA) is 297 Å². The van der Waals surface area contributed by atoms with Crippen LogP contribution in [0.2, 0.25) is 0 Å². The van der Waals surface area contributed by atoms with Crippen LogP contribution in [0.1, 0.15) is 68.4 Å². The highest BCUT2D eigenvalue weighted by atomic mass is 32.1. The molecule has 4 fully saturated rings. The molecule has 6 N–H and O–H groups in total. The summed E-state index contributed by atoms with van der Waals surface area (Å²) in [6.07, 6.45) is 15.8. The van der Waals surface area contributed by atoms with Crippen molar-refractivity contribution in [2.24, 2.45) is 0 Å². The summed E-state index contributed by atoms with van der Waals surface area (Å²) in [5.74, 6) is -0.404. The quantitative estimate of drug-likeness (QED) is 0.0732. The lowest BCUT2D eigenvalue weighted by Gasteiger charge is -2.31. The maximum absolute atomic E-state index is 13.2. The van der Waals surface area contributed by atoms with Gasteiger partial charge in [-0.2, -0.15) is 13.2 Å². The number of anilines is 4. The molecule has 14 rings (SSSR count). The van der Waals surface area contributed by atoms with Crippen molar-refractivity contribution in [3.8, 4) is 17.4 Å². The number of ketones is 1. The number of phenols is 1. The average molecular weight is 1260 g/mol. The van der Waals surface area contributed by atoms with E-state index in [1.807, 2.05) is 72.8 Å². The summed E-state index contributed by atoms with van der Waals surface area (Å²) >= 11 is 3.22. The number of nitrogens with zero attached hydrogens (tertiary/aromatic N) is 10. The summed E-state index contributed by atoms with van der Waals surface area (Å²) in [6.45, 7) is 3.94. The number of benzene rings is 4. The number of carbonyl (C=O) groups excluding carboxylic acids is 1. The molecule has 0 aliphatic carbocycles. The summed E-state index contributed by atoms with van der Waals surface area (Å²) in [6, 6.07) is 30.5. The van der Waals surface area contributed by atoms with Gasteiger partial charge in [-0.25, -0.2) is 29.9 Å². The van der Waals surface area contributed by atoms with Gasteiger partial charge in [0.2, 0.25) is 23.7 Å². The normalized spacial score (nSPS) is 16.3. The molecule has 10 aromatic rings. The van der Waals surface area contributed by atoms with Gasteiger partial charge in [-0.05, 0) is 72.8 Å². The maximum Gasteiger partial charge on any atom is 0.244 e. The monoisotopic (exact) mass is 1260 g/mol. The first-order chi connectivity index (χ1) is 43.2. The Morgan fingerprint density at radius 2 is 0.876 bits per heavy atom. The number of para-hydroxylation sites is 2. The first kappa shape index (κ1) is 64.8. The van der Waals surface area contributed by atoms with Gasteiger partial charge in [0.1, 0.15) is 51.2 Å². The minimum Gasteiger partial charge on any atom is -0.508 e. The number of thiazole rings is 2. The molecule has 0 spiro atoms. The number of rotatable bonds is 9. The number of fused-ring (bicyclic) bond motifs is 2. The van der Waals surface area contributed by atoms with Crippen molar-refractivity contribution in [3.63, 3.8) is 0 Å². The number of Topliss-reactive ketones (excluding diaryl/α,β-unsaturated/α-hetero) is 1. The van der Waals surface area contributed by atoms with Crippen molar-refractivity contribution in [2.45, 2.75) is 68.2 Å². The van der Waals surface area contributed by atoms with Crippen LogP contribution in [-0.4, -0.2) is 129 Å². The van der Waals surface area contributed by atoms with Crippen molar-refractivity contribution in [1.29, 1.82) is 0 Å². The number of carbonyl (C=O) groups is 1. The molecule has 0 radical (unpaired) electrons. The van der Waals surface area contributed by atoms with Crippen LogP contribution in [0, 0.1) is 17.8 Å². The summed E-state index contributed by atoms with van der Waals surface area (Å²) < 4.78 is 67.0. The molecule has 0 bridgehead atoms. The van der Waals surface area contributed by atoms with Crippen molar-refractivity contribution >= 4 is 70.5 Å². The first-order valence-electron chi connectivity index (χ1n) is 28.2. The molecule has 4 saturated heterocycles. The van der Waals surface area contributed by atoms with Gasteiger partial charge in [0, 0.05) is 152 Å². The van der Waals surface area contributed by atoms with Gasteiger partial charge in [0.15, 0.2) is 10.3 Å². The number of aromatic hydroxyl groups is 1. The van der Waals surface area contributed by atoms with Gasteiger partial charge in [-0.15, -0.1) is 0 Å². The SMILES string of the molecule is Fc1cnccn1.O=C1CCOCC1.OC1(c2nccnc2F)CCOCC1.OC1(c2nccnc2F)CCOCC1.OC1(c2nccnc2Oc2ccc(Nc3nc4ccccc4s3)cc2)CCOCC1.Oc1ccc(Nc2nc3ccccc3s2)cc1. The lowest BCUT2D eigenvalue weighted by atomic mass is 9.90. The third-order valence-corrected chi connectivity index (χ3v) is 15.8. The highest BCUT2D eigenvalue weighted by Crippen LogP contribution is 2.38. The molecule has 22 nitrogen and oxygen atoms in total. The molecule has 10 heterocycles. The standard InChI is InChI=1S/C22H20N4O3S.C13H10N2OS.2C9H11FN2O2.C5H8O2.C4H3FN2/c27-22(9-13-28-14-10-22)19-20(24-12-11-23-19)29-16-7-5-15(6-8-16)25-21-26-17-3-1-2-4-18(17)30-21;16-10-7-5-9(6-8-10)14-13-15-11-3-1-2-4-12(11)17-13;2*10-8-7(11-3-4-12-8)9(13)1-5-14-6-2-9;6-5-1-3-7-4-2-5;5-4-3-6-1-2-7-4/h1-8,11-12,27H,9-10,13-14H2,(H,25,26);1-8,16H,(H,14,15);2*3-4,13H,1-2,5-6H2;1-4H2;1-3H. The van der Waals surface area contributed by atoms with E-state index in [4.69, 9.17) is 23.7 Å². The molecule has 0 atom stereocenters. The van der Waals surface area contributed by atoms with Crippen LogP contribution in [0.5, 0.6) is 17.4 Å². The Balaban J connectivity index is 0.000000137. The van der Waals surface area contributed by atoms with Crippen molar-refractivity contribution in [1.82, 2.24) is 49.8 Å². The number of phenolic OH excluding ortho intramolecular Hbond substituents is 1. The zero-order chi connectivity index (χ0) is 62.3. The van der Waals surface area contributed by atoms with Gasteiger partial charge in [-0.3, -0.25) is 24.7 Å². The van der Waals surface area contributed by atoms with Crippen LogP contribution >= 0.6 is 22.7 Å². The molecular weight excluding hydrogens is 1190 g/mol. The fourth-order valence-electron chi connectivity index (χ4n) is 9.06. The average Bonchev–Trinajstić information content (AvgIpc) is 2.90. The molecule has 0 unspecified atom stereocenters. The zero-order valence-corrected chi connectivity index (χ0v) is 49.5. The third-order valence-electron chi connectivity index (χ3n) is 13.9. The van der Waals surface area contributed by atoms with E-state index in [2.05, 4.69) is 72.6 Å². The van der Waals surface area contributed by atoms with E-state index in [1.165, 1.54) is 37.2 Å². The van der Waals surface area contributed by atoms with E-state index >= 15 is 0 Å². The van der Waals surface area contributed by atoms with E-state index < -0.39 is 34.6 Å². The Bertz CT molecular complexity index is 3670. The number of halogens is 3. The molecule has 464 valence electrons. The number of hydrogen-bond donors (Lipinski definition) is 6. The summed E-state index contributed by atoms with van der Waals surface area (Å²) in [5.41, 5.74) is 0.802. The summed E-state index contributed by atoms with van der Waals surface area (Å²) in [5, 5.41) is 48.6. The predicted octanol–water partition coefficient (Wildman–Crippen LogP) is 10.6. The Hall–Kier alpha value is -8.64. The number of nitrogens with one attached hydrogen (secondary N) is 2. The Morgan fingerprint density at radius 1 is 0.472 bits per heavy atom. The number of aromatic nitrogens is 10. The van der Waals surface area contributed by atoms with E-state index in [0.29, 0.717) is 127 Å². The molecule has 6 aromatic heterocycles. The van der Waals surface area contributed by atoms with Crippen LogP contribution in [0.15, 0.2) is 153 Å². The van der Waals surface area contributed by atoms with Crippen LogP contribution in [0.25, 0.3) is 20.4 Å². The van der Waals surface area contributed by atoms with Gasteiger partial charge >= 0.3 is 0 Å². The highest BCUT2D eigenvalue weighted by Gasteiger charge is 2.38. The lowest BCUT2D eigenvalue weighted by molar-refractivity contribution is -0.124. The van der Waals surface area contributed by atoms with Gasteiger partial charge in [0.25, 0.3) is 0 Å². The second kappa shape index (κ2) is 32.0. The third kappa shape index (κ3) is 18.9. The molecule has 4 aliphatic heterocycles. The van der Waals surface area contributed by atoms with E-state index in [9.17, 15) is 38.4 Å². The maximum atomic E-state index is 13.2. The molecule has 27 heteroatoms. The number of aliphatic hydroxyl groups is 3. The van der Waals surface area contributed by atoms with Gasteiger partial charge < -0.3 is 54.7 Å². The lowest BCUT2D eigenvalue weighted by Crippen LogP contribution is -2.35. The predicted molar refractivity (Wildman–Crippen MR) is 325 cm³/mol. The van der Waals surface area contributed by atoms with Crippen LogP contribution in [-0.2, 0) is 40.5 Å². The summed E-state index contributed by atoms with van der Waals surface area (Å²) in [7, 11) is 0. The highest BCUT2D eigenvalue weighted by molar-refractivity contribution is 7.22. The van der Waals surface area contributed by atoms with Crippen LogP contribution in [0.3, 0.4) is 0 Å². The number of ether oxygens (including phenoxy) is 5. The smallest absolute Gasteiger partial charge is 0.244 e. The second-order valence-electron chi connectivity index (χ2n) is 20.1. The minimum absolute atomic E-state index is 0.0308. The Kier molecular flexibility index (Phi) is 23.3. The first-order valence-corrected chi connectivity index (χ1v) is 29.9. The Morgan fingerprint density at radius 3 is 1.28 bits per heavy atom. The number of hydrogen-bond acceptors (Lipinski definition) is 24. The molecule has 0 saturated carbocycles.